The van der Waals surface area contributed by atoms with Gasteiger partial charge in [-0.25, -0.2) is 0 Å². The summed E-state index contributed by atoms with van der Waals surface area (Å²) in [6.07, 6.45) is 0.528. The Morgan fingerprint density at radius 2 is 2.12 bits per heavy atom. The summed E-state index contributed by atoms with van der Waals surface area (Å²) in [5, 5.41) is -0.641. The molecule has 4 nitrogen and oxygen atoms in total. The number of hydrogen-bond donors (Lipinski definition) is 1. The summed E-state index contributed by atoms with van der Waals surface area (Å²) in [7, 11) is 0. The molecule has 1 aliphatic carbocycles. The highest BCUT2D eigenvalue weighted by Crippen LogP contribution is 2.40. The Morgan fingerprint density at radius 3 is 2.71 bits per heavy atom. The van der Waals surface area contributed by atoms with Crippen LogP contribution >= 0.6 is 0 Å². The predicted molar refractivity (Wildman–Crippen MR) is 63.7 cm³/mol. The number of benzene rings is 1. The number of rotatable bonds is 2. The van der Waals surface area contributed by atoms with Crippen molar-refractivity contribution < 1.29 is 13.6 Å². The van der Waals surface area contributed by atoms with Crippen LogP contribution in [0, 0.1) is 11.8 Å². The van der Waals surface area contributed by atoms with E-state index in [-0.39, 0.29) is 5.92 Å². The van der Waals surface area contributed by atoms with E-state index in [1.54, 1.807) is 6.92 Å². The van der Waals surface area contributed by atoms with Gasteiger partial charge < -0.3 is 10.3 Å². The molecule has 0 aromatic heterocycles. The highest BCUT2D eigenvalue weighted by atomic mass is 32.2. The molecule has 17 heavy (non-hydrogen) atoms. The standard InChI is InChI=1S/C12H15NO3S/c1-7-10(12(13)14)6-8-4-2-3-5-9(8)11(7)17(15)16/h2-5,7,10-11H,6H2,1H3,(H2,13,14)(H,15,16)/p-1. The zero-order valence-electron chi connectivity index (χ0n) is 9.46. The average Bonchev–Trinajstić information content (AvgIpc) is 2.27. The lowest BCUT2D eigenvalue weighted by molar-refractivity contribution is -0.123. The highest BCUT2D eigenvalue weighted by molar-refractivity contribution is 7.79. The number of carbonyl (C=O) groups excluding carboxylic acids is 1. The maximum absolute atomic E-state index is 11.4. The molecule has 0 saturated heterocycles. The van der Waals surface area contributed by atoms with Crippen LogP contribution in [0.5, 0.6) is 0 Å². The molecule has 1 aromatic rings. The summed E-state index contributed by atoms with van der Waals surface area (Å²) in [4.78, 5) is 11.4. The molecule has 0 saturated carbocycles. The molecular weight excluding hydrogens is 238 g/mol. The van der Waals surface area contributed by atoms with E-state index in [9.17, 15) is 13.6 Å². The number of nitrogens with two attached hydrogens (primary N) is 1. The second kappa shape index (κ2) is 4.58. The molecule has 5 heteroatoms. The van der Waals surface area contributed by atoms with E-state index in [0.29, 0.717) is 6.42 Å². The molecule has 0 heterocycles. The number of primary amides is 1. The van der Waals surface area contributed by atoms with E-state index >= 15 is 0 Å². The minimum atomic E-state index is -2.24. The second-order valence-electron chi connectivity index (χ2n) is 4.45. The molecule has 92 valence electrons. The van der Waals surface area contributed by atoms with Crippen molar-refractivity contribution in [1.82, 2.24) is 0 Å². The average molecular weight is 252 g/mol. The predicted octanol–water partition coefficient (Wildman–Crippen LogP) is 0.900. The van der Waals surface area contributed by atoms with Crippen molar-refractivity contribution >= 4 is 17.0 Å². The molecule has 0 fully saturated rings. The van der Waals surface area contributed by atoms with E-state index in [1.165, 1.54) is 0 Å². The summed E-state index contributed by atoms with van der Waals surface area (Å²) in [6.45, 7) is 1.77. The van der Waals surface area contributed by atoms with Gasteiger partial charge in [-0.3, -0.25) is 9.00 Å². The van der Waals surface area contributed by atoms with Crippen molar-refractivity contribution in [2.24, 2.45) is 17.6 Å². The van der Waals surface area contributed by atoms with Gasteiger partial charge in [-0.15, -0.1) is 0 Å². The zero-order chi connectivity index (χ0) is 12.6. The Labute approximate surface area is 102 Å². The number of fused-ring (bicyclic) bond motifs is 1. The van der Waals surface area contributed by atoms with Crippen LogP contribution in [0.3, 0.4) is 0 Å². The summed E-state index contributed by atoms with van der Waals surface area (Å²) in [6, 6.07) is 7.33. The largest absolute Gasteiger partial charge is 0.772 e. The minimum absolute atomic E-state index is 0.277. The molecule has 1 aliphatic rings. The lowest BCUT2D eigenvalue weighted by Crippen LogP contribution is -2.38. The van der Waals surface area contributed by atoms with E-state index in [1.807, 2.05) is 24.3 Å². The first-order valence-electron chi connectivity index (χ1n) is 5.47. The van der Waals surface area contributed by atoms with Crippen LogP contribution in [-0.4, -0.2) is 14.7 Å². The normalized spacial score (nSPS) is 29.4. The fraction of sp³-hybridized carbons (Fsp3) is 0.417. The highest BCUT2D eigenvalue weighted by Gasteiger charge is 2.37. The van der Waals surface area contributed by atoms with Gasteiger partial charge in [-0.2, -0.15) is 0 Å². The monoisotopic (exact) mass is 252 g/mol. The van der Waals surface area contributed by atoms with Gasteiger partial charge in [0.1, 0.15) is 0 Å². The topological polar surface area (TPSA) is 83.2 Å². The summed E-state index contributed by atoms with van der Waals surface area (Å²) in [5.41, 5.74) is 7.04. The van der Waals surface area contributed by atoms with Crippen molar-refractivity contribution in [2.45, 2.75) is 18.6 Å². The van der Waals surface area contributed by atoms with Gasteiger partial charge in [0.15, 0.2) is 0 Å². The fourth-order valence-corrected chi connectivity index (χ4v) is 3.53. The summed E-state index contributed by atoms with van der Waals surface area (Å²) < 4.78 is 22.7. The Kier molecular flexibility index (Phi) is 3.31. The third-order valence-electron chi connectivity index (χ3n) is 3.49. The zero-order valence-corrected chi connectivity index (χ0v) is 10.3. The molecule has 2 N–H and O–H groups in total. The van der Waals surface area contributed by atoms with Gasteiger partial charge in [-0.05, 0) is 34.5 Å². The summed E-state index contributed by atoms with van der Waals surface area (Å²) >= 11 is -2.24. The van der Waals surface area contributed by atoms with E-state index < -0.39 is 28.2 Å². The minimum Gasteiger partial charge on any atom is -0.772 e. The van der Waals surface area contributed by atoms with Crippen molar-refractivity contribution in [3.05, 3.63) is 35.4 Å². The maximum atomic E-state index is 11.4. The van der Waals surface area contributed by atoms with Crippen LogP contribution < -0.4 is 5.73 Å². The number of carbonyl (C=O) groups is 1. The van der Waals surface area contributed by atoms with Gasteiger partial charge in [0.05, 0.1) is 5.25 Å². The molecule has 0 spiro atoms. The first kappa shape index (κ1) is 12.3. The van der Waals surface area contributed by atoms with Crippen LogP contribution in [0.2, 0.25) is 0 Å². The Morgan fingerprint density at radius 1 is 1.47 bits per heavy atom. The van der Waals surface area contributed by atoms with Gasteiger partial charge in [-0.1, -0.05) is 31.2 Å². The molecule has 2 rings (SSSR count). The molecule has 1 aromatic carbocycles. The van der Waals surface area contributed by atoms with Crippen molar-refractivity contribution in [3.63, 3.8) is 0 Å². The Hall–Kier alpha value is -1.20. The molecule has 1 amide bonds. The molecule has 0 aliphatic heterocycles. The lowest BCUT2D eigenvalue weighted by atomic mass is 9.76. The third kappa shape index (κ3) is 2.12. The van der Waals surface area contributed by atoms with Crippen LogP contribution in [0.15, 0.2) is 24.3 Å². The smallest absolute Gasteiger partial charge is 0.221 e. The SMILES string of the molecule is CC1C(C(N)=O)Cc2ccccc2C1S(=O)[O-]. The third-order valence-corrected chi connectivity index (χ3v) is 4.58. The lowest BCUT2D eigenvalue weighted by Gasteiger charge is -2.37. The van der Waals surface area contributed by atoms with E-state index in [4.69, 9.17) is 5.73 Å². The quantitative estimate of drug-likeness (QED) is 0.794. The molecule has 4 atom stereocenters. The van der Waals surface area contributed by atoms with Gasteiger partial charge in [0.2, 0.25) is 5.91 Å². The first-order chi connectivity index (χ1) is 8.02. The van der Waals surface area contributed by atoms with E-state index in [2.05, 4.69) is 0 Å². The first-order valence-corrected chi connectivity index (χ1v) is 6.61. The van der Waals surface area contributed by atoms with Crippen LogP contribution in [0.4, 0.5) is 0 Å². The van der Waals surface area contributed by atoms with Crippen molar-refractivity contribution in [2.75, 3.05) is 0 Å². The number of hydrogen-bond acceptors (Lipinski definition) is 3. The Balaban J connectivity index is 2.50. The molecule has 4 unspecified atom stereocenters. The van der Waals surface area contributed by atoms with Crippen molar-refractivity contribution in [3.8, 4) is 0 Å². The van der Waals surface area contributed by atoms with Gasteiger partial charge in [0, 0.05) is 5.92 Å². The number of amides is 1. The van der Waals surface area contributed by atoms with Crippen LogP contribution in [-0.2, 0) is 22.3 Å². The summed E-state index contributed by atoms with van der Waals surface area (Å²) in [5.74, 6) is -1.11. The maximum Gasteiger partial charge on any atom is 0.221 e. The van der Waals surface area contributed by atoms with E-state index in [0.717, 1.165) is 11.1 Å². The fourth-order valence-electron chi connectivity index (χ4n) is 2.55. The molecular formula is C12H14NO3S-. The van der Waals surface area contributed by atoms with Crippen LogP contribution in [0.25, 0.3) is 0 Å². The van der Waals surface area contributed by atoms with Gasteiger partial charge in [0.25, 0.3) is 0 Å². The molecule has 0 radical (unpaired) electrons. The van der Waals surface area contributed by atoms with Gasteiger partial charge >= 0.3 is 0 Å². The molecule has 0 bridgehead atoms. The Bertz CT molecular complexity index is 475. The van der Waals surface area contributed by atoms with Crippen molar-refractivity contribution in [1.29, 1.82) is 0 Å². The van der Waals surface area contributed by atoms with Crippen LogP contribution in [0.1, 0.15) is 23.3 Å². The second-order valence-corrected chi connectivity index (χ2v) is 5.48.